The number of aryl methyl sites for hydroxylation is 1. The summed E-state index contributed by atoms with van der Waals surface area (Å²) in [4.78, 5) is 34.8. The number of carbonyl (C=O) groups excluding carboxylic acids is 2. The number of benzene rings is 1. The molecule has 1 N–H and O–H groups in total. The van der Waals surface area contributed by atoms with Crippen LogP contribution < -0.4 is 0 Å². The van der Waals surface area contributed by atoms with Crippen molar-refractivity contribution >= 4 is 23.1 Å². The Bertz CT molecular complexity index is 1190. The van der Waals surface area contributed by atoms with Crippen LogP contribution in [0.25, 0.3) is 11.4 Å². The Hall–Kier alpha value is -3.45. The first-order valence-electron chi connectivity index (χ1n) is 11.5. The molecule has 7 heteroatoms. The number of likely N-dealkylation sites (tertiary alicyclic amines) is 1. The van der Waals surface area contributed by atoms with Crippen LogP contribution in [-0.4, -0.2) is 62.2 Å². The first-order valence-corrected chi connectivity index (χ1v) is 11.5. The van der Waals surface area contributed by atoms with Gasteiger partial charge in [-0.15, -0.1) is 0 Å². The number of Topliss-reactive ketones (excluding diaryl/α,β-unsaturated/α-hetero) is 1. The van der Waals surface area contributed by atoms with Crippen LogP contribution in [0.1, 0.15) is 43.3 Å². The van der Waals surface area contributed by atoms with Crippen LogP contribution in [0.4, 0.5) is 0 Å². The topological polar surface area (TPSA) is 78.2 Å². The molecule has 0 spiro atoms. The van der Waals surface area contributed by atoms with Gasteiger partial charge in [0.25, 0.3) is 11.7 Å². The van der Waals surface area contributed by atoms with Gasteiger partial charge in [-0.2, -0.15) is 0 Å². The second-order valence-corrected chi connectivity index (χ2v) is 8.26. The van der Waals surface area contributed by atoms with Crippen LogP contribution in [0.3, 0.4) is 0 Å². The number of rotatable bonds is 8. The average Bonchev–Trinajstić information content (AvgIpc) is 3.30. The van der Waals surface area contributed by atoms with E-state index in [9.17, 15) is 14.7 Å². The summed E-state index contributed by atoms with van der Waals surface area (Å²) in [6.07, 6.45) is 2.54. The molecule has 1 amide bonds. The molecule has 172 valence electrons. The standard InChI is InChI=1S/C26H30N4O3/c1-4-28(5-2)15-11-17-30-23(19-12-7-6-8-13-19)21(25(32)26(30)33)24(31)22-18(3)27-20-14-9-10-16-29(20)22/h6-10,12-14,16,23,31H,4-5,11,15,17H2,1-3H3/t23-/m0/s1. The number of pyridine rings is 1. The molecule has 1 aliphatic heterocycles. The Kier molecular flexibility index (Phi) is 6.60. The van der Waals surface area contributed by atoms with Gasteiger partial charge >= 0.3 is 0 Å². The van der Waals surface area contributed by atoms with Crippen molar-refractivity contribution in [1.29, 1.82) is 0 Å². The summed E-state index contributed by atoms with van der Waals surface area (Å²) in [5.74, 6) is -1.42. The van der Waals surface area contributed by atoms with Crippen LogP contribution in [0.5, 0.6) is 0 Å². The predicted octanol–water partition coefficient (Wildman–Crippen LogP) is 3.80. The fraction of sp³-hybridized carbons (Fsp3) is 0.346. The molecule has 0 bridgehead atoms. The number of aliphatic hydroxyl groups is 1. The van der Waals surface area contributed by atoms with Crippen molar-refractivity contribution in [3.05, 3.63) is 77.3 Å². The highest BCUT2D eigenvalue weighted by molar-refractivity contribution is 6.46. The number of nitrogens with zero attached hydrogens (tertiary/aromatic N) is 4. The molecule has 1 saturated heterocycles. The Balaban J connectivity index is 1.80. The average molecular weight is 447 g/mol. The first kappa shape index (κ1) is 22.7. The van der Waals surface area contributed by atoms with Gasteiger partial charge in [0.2, 0.25) is 0 Å². The van der Waals surface area contributed by atoms with Crippen molar-refractivity contribution in [2.45, 2.75) is 33.2 Å². The van der Waals surface area contributed by atoms with E-state index in [1.54, 1.807) is 22.4 Å². The summed E-state index contributed by atoms with van der Waals surface area (Å²) in [5, 5.41) is 11.4. The van der Waals surface area contributed by atoms with Crippen LogP contribution in [0, 0.1) is 6.92 Å². The van der Waals surface area contributed by atoms with Crippen molar-refractivity contribution in [3.8, 4) is 0 Å². The van der Waals surface area contributed by atoms with E-state index in [2.05, 4.69) is 23.7 Å². The number of carbonyl (C=O) groups is 2. The fourth-order valence-corrected chi connectivity index (χ4v) is 4.62. The lowest BCUT2D eigenvalue weighted by atomic mass is 9.96. The van der Waals surface area contributed by atoms with Gasteiger partial charge in [0.1, 0.15) is 11.3 Å². The molecule has 1 fully saturated rings. The minimum atomic E-state index is -0.658. The van der Waals surface area contributed by atoms with Gasteiger partial charge in [-0.1, -0.05) is 50.2 Å². The van der Waals surface area contributed by atoms with E-state index in [0.717, 1.165) is 31.6 Å². The summed E-state index contributed by atoms with van der Waals surface area (Å²) >= 11 is 0. The summed E-state index contributed by atoms with van der Waals surface area (Å²) in [6, 6.07) is 14.3. The molecule has 7 nitrogen and oxygen atoms in total. The number of imidazole rings is 1. The molecule has 1 aromatic carbocycles. The van der Waals surface area contributed by atoms with Crippen molar-refractivity contribution < 1.29 is 14.7 Å². The molecule has 4 rings (SSSR count). The third-order valence-corrected chi connectivity index (χ3v) is 6.35. The highest BCUT2D eigenvalue weighted by Crippen LogP contribution is 2.39. The molecule has 0 saturated carbocycles. The van der Waals surface area contributed by atoms with Crippen molar-refractivity contribution in [2.75, 3.05) is 26.2 Å². The molecular formula is C26H30N4O3. The SMILES string of the molecule is CCN(CC)CCCN1C(=O)C(=O)C(=C(O)c2c(C)nc3ccccn23)[C@@H]1c1ccccc1. The van der Waals surface area contributed by atoms with Gasteiger partial charge in [0.05, 0.1) is 17.3 Å². The summed E-state index contributed by atoms with van der Waals surface area (Å²) < 4.78 is 1.75. The third kappa shape index (κ3) is 4.16. The molecule has 1 aliphatic rings. The number of amides is 1. The molecule has 3 aromatic rings. The third-order valence-electron chi connectivity index (χ3n) is 6.35. The van der Waals surface area contributed by atoms with Crippen LogP contribution >= 0.6 is 0 Å². The molecule has 2 aromatic heterocycles. The maximum atomic E-state index is 13.2. The van der Waals surface area contributed by atoms with Gasteiger partial charge in [-0.25, -0.2) is 4.98 Å². The zero-order chi connectivity index (χ0) is 23.5. The Morgan fingerprint density at radius 3 is 2.45 bits per heavy atom. The number of aliphatic hydroxyl groups excluding tert-OH is 1. The summed E-state index contributed by atoms with van der Waals surface area (Å²) in [6.45, 7) is 9.15. The van der Waals surface area contributed by atoms with Crippen molar-refractivity contribution in [2.24, 2.45) is 0 Å². The van der Waals surface area contributed by atoms with Crippen LogP contribution in [0.15, 0.2) is 60.3 Å². The van der Waals surface area contributed by atoms with E-state index in [0.29, 0.717) is 23.6 Å². The minimum absolute atomic E-state index is 0.114. The van der Waals surface area contributed by atoms with E-state index >= 15 is 0 Å². The highest BCUT2D eigenvalue weighted by atomic mass is 16.3. The van der Waals surface area contributed by atoms with Crippen molar-refractivity contribution in [3.63, 3.8) is 0 Å². The largest absolute Gasteiger partial charge is 0.505 e. The van der Waals surface area contributed by atoms with E-state index in [-0.39, 0.29) is 11.3 Å². The molecule has 33 heavy (non-hydrogen) atoms. The maximum Gasteiger partial charge on any atom is 0.295 e. The molecular weight excluding hydrogens is 416 g/mol. The smallest absolute Gasteiger partial charge is 0.295 e. The number of hydrogen-bond acceptors (Lipinski definition) is 5. The van der Waals surface area contributed by atoms with Crippen LogP contribution in [-0.2, 0) is 9.59 Å². The number of ketones is 1. The lowest BCUT2D eigenvalue weighted by Crippen LogP contribution is -2.33. The van der Waals surface area contributed by atoms with Crippen molar-refractivity contribution in [1.82, 2.24) is 19.2 Å². The molecule has 0 unspecified atom stereocenters. The zero-order valence-corrected chi connectivity index (χ0v) is 19.4. The number of fused-ring (bicyclic) bond motifs is 1. The lowest BCUT2D eigenvalue weighted by Gasteiger charge is -2.26. The Morgan fingerprint density at radius 2 is 1.76 bits per heavy atom. The van der Waals surface area contributed by atoms with Crippen LogP contribution in [0.2, 0.25) is 0 Å². The second kappa shape index (κ2) is 9.58. The Labute approximate surface area is 194 Å². The maximum absolute atomic E-state index is 13.2. The number of hydrogen-bond donors (Lipinski definition) is 1. The minimum Gasteiger partial charge on any atom is -0.505 e. The molecule has 3 heterocycles. The zero-order valence-electron chi connectivity index (χ0n) is 19.4. The van der Waals surface area contributed by atoms with Gasteiger partial charge in [0.15, 0.2) is 5.76 Å². The first-order chi connectivity index (χ1) is 16.0. The van der Waals surface area contributed by atoms with E-state index in [1.165, 1.54) is 0 Å². The van der Waals surface area contributed by atoms with E-state index < -0.39 is 17.7 Å². The number of aromatic nitrogens is 2. The second-order valence-electron chi connectivity index (χ2n) is 8.26. The van der Waals surface area contributed by atoms with Gasteiger partial charge in [0, 0.05) is 12.7 Å². The van der Waals surface area contributed by atoms with E-state index in [1.807, 2.05) is 48.5 Å². The molecule has 0 aliphatic carbocycles. The monoisotopic (exact) mass is 446 g/mol. The lowest BCUT2D eigenvalue weighted by molar-refractivity contribution is -0.140. The van der Waals surface area contributed by atoms with E-state index in [4.69, 9.17) is 0 Å². The van der Waals surface area contributed by atoms with Gasteiger partial charge < -0.3 is 14.9 Å². The Morgan fingerprint density at radius 1 is 1.06 bits per heavy atom. The summed E-state index contributed by atoms with van der Waals surface area (Å²) in [7, 11) is 0. The normalized spacial score (nSPS) is 18.1. The molecule has 0 radical (unpaired) electrons. The molecule has 1 atom stereocenters. The predicted molar refractivity (Wildman–Crippen MR) is 128 cm³/mol. The fourth-order valence-electron chi connectivity index (χ4n) is 4.62. The van der Waals surface area contributed by atoms with Gasteiger partial charge in [-0.3, -0.25) is 14.0 Å². The quantitative estimate of drug-likeness (QED) is 0.324. The highest BCUT2D eigenvalue weighted by Gasteiger charge is 2.46. The summed E-state index contributed by atoms with van der Waals surface area (Å²) in [5.41, 5.74) is 2.61. The van der Waals surface area contributed by atoms with Gasteiger partial charge in [-0.05, 0) is 50.7 Å².